The van der Waals surface area contributed by atoms with Crippen LogP contribution in [-0.2, 0) is 51.4 Å². The first-order valence-corrected chi connectivity index (χ1v) is 33.7. The Morgan fingerprint density at radius 2 is 0.540 bits per heavy atom. The summed E-state index contributed by atoms with van der Waals surface area (Å²) in [4.78, 5) is 32.7. The van der Waals surface area contributed by atoms with Gasteiger partial charge in [-0.2, -0.15) is 9.97 Å². The van der Waals surface area contributed by atoms with Crippen molar-refractivity contribution in [2.45, 2.75) is 66.2 Å². The molecular formula is C88H78BClN8O2. The highest BCUT2D eigenvalue weighted by molar-refractivity contribution is 6.59. The Labute approximate surface area is 592 Å². The van der Waals surface area contributed by atoms with Crippen LogP contribution in [0.15, 0.2) is 315 Å². The number of anilines is 6. The van der Waals surface area contributed by atoms with Gasteiger partial charge in [0.05, 0.1) is 0 Å². The summed E-state index contributed by atoms with van der Waals surface area (Å²) in [7, 11) is -1.43. The molecule has 0 spiro atoms. The van der Waals surface area contributed by atoms with Crippen molar-refractivity contribution in [3.8, 4) is 56.9 Å². The summed E-state index contributed by atoms with van der Waals surface area (Å²) in [5, 5.41) is 20.0. The lowest BCUT2D eigenvalue weighted by Gasteiger charge is -2.28. The van der Waals surface area contributed by atoms with Crippen molar-refractivity contribution >= 4 is 58.3 Å². The predicted molar refractivity (Wildman–Crippen MR) is 413 cm³/mol. The van der Waals surface area contributed by atoms with Crippen LogP contribution in [0.3, 0.4) is 0 Å². The number of aromatic nitrogens is 6. The maximum absolute atomic E-state index is 9.88. The van der Waals surface area contributed by atoms with Crippen molar-refractivity contribution in [1.29, 1.82) is 0 Å². The van der Waals surface area contributed by atoms with E-state index >= 15 is 0 Å². The molecule has 12 heteroatoms. The number of halogens is 1. The number of para-hydroxylation sites is 4. The fourth-order valence-electron chi connectivity index (χ4n) is 12.8. The van der Waals surface area contributed by atoms with Crippen LogP contribution in [-0.4, -0.2) is 47.1 Å². The van der Waals surface area contributed by atoms with E-state index in [-0.39, 0.29) is 20.1 Å². The summed E-state index contributed by atoms with van der Waals surface area (Å²) in [5.41, 5.74) is 22.3. The van der Waals surface area contributed by atoms with Gasteiger partial charge in [-0.1, -0.05) is 264 Å². The van der Waals surface area contributed by atoms with E-state index in [9.17, 15) is 10.0 Å². The zero-order valence-corrected chi connectivity index (χ0v) is 54.9. The van der Waals surface area contributed by atoms with Crippen LogP contribution in [0.2, 0.25) is 5.28 Å². The second-order valence-electron chi connectivity index (χ2n) is 24.4. The van der Waals surface area contributed by atoms with Crippen LogP contribution < -0.4 is 15.3 Å². The first-order valence-electron chi connectivity index (χ1n) is 33.3. The van der Waals surface area contributed by atoms with Gasteiger partial charge in [-0.25, -0.2) is 19.9 Å². The van der Waals surface area contributed by atoms with Gasteiger partial charge in [-0.3, -0.25) is 0 Å². The Morgan fingerprint density at radius 1 is 0.270 bits per heavy atom. The molecule has 0 amide bonds. The van der Waals surface area contributed by atoms with E-state index in [0.717, 1.165) is 119 Å². The van der Waals surface area contributed by atoms with E-state index in [1.165, 1.54) is 44.8 Å². The first kappa shape index (κ1) is 68.5. The maximum atomic E-state index is 9.88. The van der Waals surface area contributed by atoms with Crippen LogP contribution in [0, 0.1) is 0 Å². The first-order chi connectivity index (χ1) is 48.3. The molecule has 2 aromatic heterocycles. The fourth-order valence-corrected chi connectivity index (χ4v) is 13.0. The molecule has 2 N–H and O–H groups in total. The van der Waals surface area contributed by atoms with Gasteiger partial charge in [-0.05, 0) is 180 Å². The molecule has 2 heterocycles. The molecule has 100 heavy (non-hydrogen) atoms. The van der Waals surface area contributed by atoms with E-state index in [2.05, 4.69) is 225 Å². The highest BCUT2D eigenvalue weighted by atomic mass is 35.5. The van der Waals surface area contributed by atoms with Crippen molar-refractivity contribution in [2.75, 3.05) is 9.80 Å². The lowest BCUT2D eigenvalue weighted by molar-refractivity contribution is 0.425. The summed E-state index contributed by atoms with van der Waals surface area (Å²) in [5.74, 6) is 3.26. The molecule has 14 aromatic rings. The average molecular weight is 1330 g/mol. The molecule has 10 nitrogen and oxygen atoms in total. The average Bonchev–Trinajstić information content (AvgIpc) is 0.790. The summed E-state index contributed by atoms with van der Waals surface area (Å²) in [6.07, 6.45) is 6.89. The largest absolute Gasteiger partial charge is 0.488 e. The highest BCUT2D eigenvalue weighted by Gasteiger charge is 2.23. The molecule has 0 unspecified atom stereocenters. The Hall–Kier alpha value is -11.5. The lowest BCUT2D eigenvalue weighted by atomic mass is 9.74. The van der Waals surface area contributed by atoms with Gasteiger partial charge in [0.2, 0.25) is 5.28 Å². The number of nitrogens with zero attached hydrogens (tertiary/aromatic N) is 8. The van der Waals surface area contributed by atoms with Gasteiger partial charge in [-0.15, -0.1) is 0 Å². The van der Waals surface area contributed by atoms with Gasteiger partial charge in [0.25, 0.3) is 0 Å². The zero-order chi connectivity index (χ0) is 66.4. The molecule has 0 aliphatic heterocycles. The van der Waals surface area contributed by atoms with E-state index in [0.29, 0.717) is 28.8 Å². The molecule has 0 radical (unpaired) electrons. The van der Waals surface area contributed by atoms with Crippen LogP contribution in [0.4, 0.5) is 34.1 Å². The molecule has 0 saturated carbocycles. The molecule has 0 fully saturated rings. The Morgan fingerprint density at radius 3 is 0.890 bits per heavy atom. The SMILES string of the molecule is C.C.Clc1nc(-c2ccccc2)nc(-c2ccccc2)n1.OB(O)c1cc2ccc1CCc1ccc(c(N(c3ccccc3)c3ccccc3)c1)CC2.c1ccc(-c2nc(-c3ccccc3)nc(-c3cc4ccc3CCc3ccc(c(N(c5ccccc5)c5ccccc5)c3)CC4)n2)cc1. The summed E-state index contributed by atoms with van der Waals surface area (Å²) >= 11 is 5.99. The summed E-state index contributed by atoms with van der Waals surface area (Å²) < 4.78 is 0. The van der Waals surface area contributed by atoms with Crippen molar-refractivity contribution in [1.82, 2.24) is 29.9 Å². The maximum Gasteiger partial charge on any atom is 0.488 e. The summed E-state index contributed by atoms with van der Waals surface area (Å²) in [6.45, 7) is 0. The lowest BCUT2D eigenvalue weighted by Crippen LogP contribution is -2.33. The number of hydrogen-bond donors (Lipinski definition) is 2. The third-order valence-corrected chi connectivity index (χ3v) is 18.0. The molecule has 8 aliphatic rings. The van der Waals surface area contributed by atoms with Crippen molar-refractivity contribution in [2.24, 2.45) is 0 Å². The third-order valence-electron chi connectivity index (χ3n) is 17.8. The second kappa shape index (κ2) is 32.7. The van der Waals surface area contributed by atoms with Crippen molar-refractivity contribution in [3.63, 3.8) is 0 Å². The molecule has 0 saturated heterocycles. The van der Waals surface area contributed by atoms with Gasteiger partial charge >= 0.3 is 7.12 Å². The normalized spacial score (nSPS) is 11.9. The third kappa shape index (κ3) is 16.4. The van der Waals surface area contributed by atoms with Crippen LogP contribution in [0.1, 0.15) is 59.4 Å². The monoisotopic (exact) mass is 1320 g/mol. The molecule has 8 aliphatic carbocycles. The van der Waals surface area contributed by atoms with Crippen LogP contribution >= 0.6 is 11.6 Å². The smallest absolute Gasteiger partial charge is 0.423 e. The Kier molecular flexibility index (Phi) is 22.4. The number of rotatable bonds is 12. The van der Waals surface area contributed by atoms with E-state index < -0.39 is 7.12 Å². The second-order valence-corrected chi connectivity index (χ2v) is 24.7. The van der Waals surface area contributed by atoms with Gasteiger partial charge in [0.1, 0.15) is 0 Å². The van der Waals surface area contributed by atoms with Crippen LogP contribution in [0.25, 0.3) is 56.9 Å². The zero-order valence-electron chi connectivity index (χ0n) is 54.1. The number of benzene rings is 12. The standard InChI is InChI=1S/C43H34N4.C28H26BNO2.C15H10ClN3.2CH4/c1-5-13-35(14-6-1)41-44-42(36-15-7-2-8-16-36)46-43(45-41)39-29-31-21-25-33(39)26-22-32-24-28-34(27-23-31)40(30-32)47(37-17-9-3-10-18-37)38-19-11-4-12-20-38;31-29(32)27-19-21-11-15-23(27)16-12-22-14-18-24(17-13-21)28(20-22)30(25-7-3-1-4-8-25)26-9-5-2-6-10-26;16-15-18-13(11-7-3-1-4-8-11)17-14(19-15)12-9-5-2-6-10-12;;/h1-21,24-25,28-30H,22-23,26-27H2;1-11,14-15,18-20,31-32H,12-13,16-17H2;1-10H;2*1H4. The molecular weight excluding hydrogens is 1250 g/mol. The van der Waals surface area contributed by atoms with Gasteiger partial charge in [0.15, 0.2) is 29.1 Å². The predicted octanol–water partition coefficient (Wildman–Crippen LogP) is 20.1. The van der Waals surface area contributed by atoms with Crippen molar-refractivity contribution in [3.05, 3.63) is 365 Å². The van der Waals surface area contributed by atoms with Gasteiger partial charge in [0, 0.05) is 61.9 Å². The quantitative estimate of drug-likeness (QED) is 0.114. The highest BCUT2D eigenvalue weighted by Crippen LogP contribution is 2.41. The molecule has 22 rings (SSSR count). The minimum absolute atomic E-state index is 0. The summed E-state index contributed by atoms with van der Waals surface area (Å²) in [6, 6.07) is 109. The molecule has 12 aromatic carbocycles. The molecule has 492 valence electrons. The topological polar surface area (TPSA) is 124 Å². The van der Waals surface area contributed by atoms with E-state index in [1.54, 1.807) is 0 Å². The van der Waals surface area contributed by atoms with E-state index in [4.69, 9.17) is 26.6 Å². The van der Waals surface area contributed by atoms with Gasteiger partial charge < -0.3 is 19.8 Å². The Balaban J connectivity index is 0.000000154. The van der Waals surface area contributed by atoms with E-state index in [1.807, 2.05) is 115 Å². The van der Waals surface area contributed by atoms with Crippen molar-refractivity contribution < 1.29 is 10.0 Å². The van der Waals surface area contributed by atoms with Crippen LogP contribution in [0.5, 0.6) is 0 Å². The minimum atomic E-state index is -1.43. The molecule has 0 atom stereocenters. The fraction of sp³-hybridized carbons (Fsp3) is 0.114. The number of aryl methyl sites for hydroxylation is 8. The number of hydrogen-bond acceptors (Lipinski definition) is 10. The minimum Gasteiger partial charge on any atom is -0.423 e. The Bertz CT molecular complexity index is 4780. The molecule has 8 bridgehead atoms.